The third-order valence-corrected chi connectivity index (χ3v) is 4.56. The van der Waals surface area contributed by atoms with Crippen molar-refractivity contribution in [1.29, 1.82) is 0 Å². The summed E-state index contributed by atoms with van der Waals surface area (Å²) in [6, 6.07) is 3.47. The van der Waals surface area contributed by atoms with Crippen LogP contribution in [0.25, 0.3) is 0 Å². The molecule has 2 aromatic rings. The van der Waals surface area contributed by atoms with E-state index in [9.17, 15) is 40.3 Å². The Kier molecular flexibility index (Phi) is 5.27. The van der Waals surface area contributed by atoms with E-state index in [1.165, 1.54) is 4.98 Å². The summed E-state index contributed by atoms with van der Waals surface area (Å²) in [5.74, 6) is -3.07. The average Bonchev–Trinajstić information content (AvgIpc) is 2.62. The van der Waals surface area contributed by atoms with Crippen LogP contribution < -0.4 is 16.6 Å². The number of nitrogens with one attached hydrogen (secondary N) is 2. The molecular formula is C18H15F7N4O2. The van der Waals surface area contributed by atoms with E-state index in [-0.39, 0.29) is 18.0 Å². The first-order valence-electron chi connectivity index (χ1n) is 8.83. The van der Waals surface area contributed by atoms with E-state index in [1.54, 1.807) is 13.8 Å². The number of benzene rings is 1. The maximum atomic E-state index is 14.0. The van der Waals surface area contributed by atoms with Crippen LogP contribution in [0.5, 0.6) is 0 Å². The molecule has 2 heterocycles. The summed E-state index contributed by atoms with van der Waals surface area (Å²) < 4.78 is 98.1. The molecule has 1 aliphatic rings. The third kappa shape index (κ3) is 3.61. The van der Waals surface area contributed by atoms with E-state index < -0.39 is 52.2 Å². The van der Waals surface area contributed by atoms with Crippen LogP contribution in [0.15, 0.2) is 38.8 Å². The topological polar surface area (TPSA) is 79.2 Å². The highest BCUT2D eigenvalue weighted by atomic mass is 19.4. The van der Waals surface area contributed by atoms with Crippen molar-refractivity contribution in [3.05, 3.63) is 62.0 Å². The maximum Gasteiger partial charge on any atom is 0.427 e. The fraction of sp³-hybridized carbons (Fsp3) is 0.389. The Morgan fingerprint density at radius 1 is 1.03 bits per heavy atom. The minimum absolute atomic E-state index is 0.298. The molecule has 1 aromatic heterocycles. The van der Waals surface area contributed by atoms with Crippen molar-refractivity contribution in [2.45, 2.75) is 38.3 Å². The molecule has 31 heavy (non-hydrogen) atoms. The van der Waals surface area contributed by atoms with Crippen molar-refractivity contribution >= 4 is 11.7 Å². The summed E-state index contributed by atoms with van der Waals surface area (Å²) in [4.78, 5) is 29.0. The number of amidine groups is 1. The monoisotopic (exact) mass is 452 g/mol. The van der Waals surface area contributed by atoms with E-state index in [4.69, 9.17) is 0 Å². The number of nitrogens with zero attached hydrogens (tertiary/aromatic N) is 2. The summed E-state index contributed by atoms with van der Waals surface area (Å²) in [5, 5.41) is 2.26. The Bertz CT molecular complexity index is 1130. The molecular weight excluding hydrogens is 437 g/mol. The molecule has 168 valence electrons. The minimum atomic E-state index is -6.10. The Morgan fingerprint density at radius 2 is 1.58 bits per heavy atom. The SMILES string of the molecule is CC(C)Cn1c2c(c(=O)[nH]c1=O)C(C(F)(F)F)(C(F)(F)F)N=C(c1ccc(F)cc1)N2. The van der Waals surface area contributed by atoms with Crippen LogP contribution >= 0.6 is 0 Å². The second kappa shape index (κ2) is 7.24. The molecule has 0 aliphatic carbocycles. The highest BCUT2D eigenvalue weighted by Crippen LogP contribution is 2.55. The number of rotatable bonds is 3. The lowest BCUT2D eigenvalue weighted by molar-refractivity contribution is -0.301. The van der Waals surface area contributed by atoms with E-state index in [2.05, 4.69) is 10.3 Å². The zero-order valence-electron chi connectivity index (χ0n) is 16.0. The zero-order valence-corrected chi connectivity index (χ0v) is 16.0. The number of fused-ring (bicyclic) bond motifs is 1. The molecule has 3 rings (SSSR count). The maximum absolute atomic E-state index is 14.0. The molecule has 2 N–H and O–H groups in total. The van der Waals surface area contributed by atoms with Gasteiger partial charge in [-0.05, 0) is 30.2 Å². The Balaban J connectivity index is 2.48. The van der Waals surface area contributed by atoms with E-state index in [1.807, 2.05) is 0 Å². The molecule has 0 saturated carbocycles. The van der Waals surface area contributed by atoms with Gasteiger partial charge in [0.05, 0.1) is 0 Å². The first kappa shape index (κ1) is 22.6. The van der Waals surface area contributed by atoms with Gasteiger partial charge >= 0.3 is 18.0 Å². The third-order valence-electron chi connectivity index (χ3n) is 4.56. The van der Waals surface area contributed by atoms with Crippen molar-refractivity contribution in [3.8, 4) is 0 Å². The van der Waals surface area contributed by atoms with Gasteiger partial charge in [0, 0.05) is 12.1 Å². The predicted octanol–water partition coefficient (Wildman–Crippen LogP) is 3.52. The zero-order chi connectivity index (χ0) is 23.4. The summed E-state index contributed by atoms with van der Waals surface area (Å²) in [7, 11) is 0. The van der Waals surface area contributed by atoms with Crippen LogP contribution in [0.3, 0.4) is 0 Å². The number of aromatic amines is 1. The standard InChI is InChI=1S/C18H15F7N4O2/c1-8(2)7-29-13-11(14(30)27-15(29)31)16(17(20,21)22,18(23,24)25)28-12(26-13)9-3-5-10(19)6-4-9/h3-6,8H,7H2,1-2H3,(H,26,28)(H,27,30,31). The van der Waals surface area contributed by atoms with Gasteiger partial charge in [0.25, 0.3) is 11.1 Å². The lowest BCUT2D eigenvalue weighted by atomic mass is 9.87. The molecule has 6 nitrogen and oxygen atoms in total. The summed E-state index contributed by atoms with van der Waals surface area (Å²) in [6.45, 7) is 2.85. The molecule has 0 bridgehead atoms. The van der Waals surface area contributed by atoms with E-state index in [0.29, 0.717) is 4.57 Å². The van der Waals surface area contributed by atoms with Gasteiger partial charge in [0.1, 0.15) is 23.0 Å². The largest absolute Gasteiger partial charge is 0.427 e. The average molecular weight is 452 g/mol. The van der Waals surface area contributed by atoms with E-state index >= 15 is 0 Å². The van der Waals surface area contributed by atoms with Gasteiger partial charge < -0.3 is 5.32 Å². The van der Waals surface area contributed by atoms with Crippen molar-refractivity contribution in [2.24, 2.45) is 10.9 Å². The molecule has 13 heteroatoms. The van der Waals surface area contributed by atoms with Gasteiger partial charge in [0.2, 0.25) is 0 Å². The number of aliphatic imine (C=N–C) groups is 1. The van der Waals surface area contributed by atoms with Crippen molar-refractivity contribution in [3.63, 3.8) is 0 Å². The molecule has 0 atom stereocenters. The Labute approximate surface area is 169 Å². The van der Waals surface area contributed by atoms with Crippen molar-refractivity contribution < 1.29 is 30.7 Å². The summed E-state index contributed by atoms with van der Waals surface area (Å²) >= 11 is 0. The number of H-pyrrole nitrogens is 1. The Hall–Kier alpha value is -3.12. The second-order valence-corrected chi connectivity index (χ2v) is 7.29. The fourth-order valence-corrected chi connectivity index (χ4v) is 3.26. The predicted molar refractivity (Wildman–Crippen MR) is 96.5 cm³/mol. The van der Waals surface area contributed by atoms with Gasteiger partial charge in [0.15, 0.2) is 0 Å². The number of anilines is 1. The lowest BCUT2D eigenvalue weighted by Gasteiger charge is -2.38. The Morgan fingerprint density at radius 3 is 2.06 bits per heavy atom. The first-order valence-corrected chi connectivity index (χ1v) is 8.83. The smallest absolute Gasteiger partial charge is 0.326 e. The second-order valence-electron chi connectivity index (χ2n) is 7.29. The quantitative estimate of drug-likeness (QED) is 0.700. The van der Waals surface area contributed by atoms with Crippen LogP contribution in [0, 0.1) is 11.7 Å². The summed E-state index contributed by atoms with van der Waals surface area (Å²) in [6.07, 6.45) is -12.2. The van der Waals surface area contributed by atoms with E-state index in [0.717, 1.165) is 24.3 Å². The molecule has 0 radical (unpaired) electrons. The minimum Gasteiger partial charge on any atom is -0.326 e. The van der Waals surface area contributed by atoms with Gasteiger partial charge in [-0.2, -0.15) is 26.3 Å². The molecule has 0 saturated heterocycles. The summed E-state index contributed by atoms with van der Waals surface area (Å²) in [5.41, 5.74) is -10.1. The first-order chi connectivity index (χ1) is 14.2. The molecule has 1 aromatic carbocycles. The van der Waals surface area contributed by atoms with Crippen LogP contribution in [0.4, 0.5) is 36.6 Å². The number of hydrogen-bond donors (Lipinski definition) is 2. The number of alkyl halides is 6. The van der Waals surface area contributed by atoms with Crippen LogP contribution in [0.1, 0.15) is 25.0 Å². The normalized spacial score (nSPS) is 16.0. The molecule has 0 fully saturated rings. The highest BCUT2D eigenvalue weighted by molar-refractivity contribution is 6.09. The van der Waals surface area contributed by atoms with Crippen molar-refractivity contribution in [1.82, 2.24) is 9.55 Å². The molecule has 0 amide bonds. The van der Waals surface area contributed by atoms with Gasteiger partial charge in [-0.15, -0.1) is 0 Å². The molecule has 0 spiro atoms. The highest BCUT2D eigenvalue weighted by Gasteiger charge is 2.75. The molecule has 0 unspecified atom stereocenters. The van der Waals surface area contributed by atoms with Crippen LogP contribution in [0.2, 0.25) is 0 Å². The molecule has 1 aliphatic heterocycles. The van der Waals surface area contributed by atoms with Crippen LogP contribution in [-0.4, -0.2) is 27.7 Å². The lowest BCUT2D eigenvalue weighted by Crippen LogP contribution is -2.59. The van der Waals surface area contributed by atoms with Crippen molar-refractivity contribution in [2.75, 3.05) is 5.32 Å². The number of aromatic nitrogens is 2. The van der Waals surface area contributed by atoms with Crippen LogP contribution in [-0.2, 0) is 12.1 Å². The number of halogens is 7. The van der Waals surface area contributed by atoms with Gasteiger partial charge in [-0.25, -0.2) is 14.2 Å². The van der Waals surface area contributed by atoms with Gasteiger partial charge in [-0.3, -0.25) is 14.3 Å². The fourth-order valence-electron chi connectivity index (χ4n) is 3.26. The number of hydrogen-bond acceptors (Lipinski definition) is 4. The van der Waals surface area contributed by atoms with Gasteiger partial charge in [-0.1, -0.05) is 13.8 Å².